The van der Waals surface area contributed by atoms with Gasteiger partial charge in [0.05, 0.1) is 42.5 Å². The highest BCUT2D eigenvalue weighted by Crippen LogP contribution is 2.31. The van der Waals surface area contributed by atoms with Gasteiger partial charge in [-0.05, 0) is 37.8 Å². The molecule has 4 aliphatic heterocycles. The highest BCUT2D eigenvalue weighted by molar-refractivity contribution is 8.00. The number of hydrogen-bond acceptors (Lipinski definition) is 7. The van der Waals surface area contributed by atoms with Crippen molar-refractivity contribution >= 4 is 29.2 Å². The Morgan fingerprint density at radius 2 is 1.94 bits per heavy atom. The smallest absolute Gasteiger partial charge is 0.241 e. The topological polar surface area (TPSA) is 75.5 Å². The fraction of sp³-hybridized carbons (Fsp3) is 0.682. The van der Waals surface area contributed by atoms with Gasteiger partial charge >= 0.3 is 0 Å². The van der Waals surface area contributed by atoms with Crippen molar-refractivity contribution in [1.82, 2.24) is 10.2 Å². The molecule has 1 aliphatic carbocycles. The largest absolute Gasteiger partial charge is 0.381 e. The Morgan fingerprint density at radius 3 is 2.65 bits per heavy atom. The molecular weight excluding hydrogens is 419 g/mol. The van der Waals surface area contributed by atoms with Crippen LogP contribution in [-0.4, -0.2) is 85.0 Å². The molecule has 5 rings (SSSR count). The molecule has 9 heteroatoms. The van der Waals surface area contributed by atoms with Crippen LogP contribution in [0.5, 0.6) is 0 Å². The highest BCUT2D eigenvalue weighted by atomic mass is 32.2. The molecular formula is C22H29FN4O3S. The summed E-state index contributed by atoms with van der Waals surface area (Å²) >= 11 is 1.78. The number of nitrogens with one attached hydrogen (secondary N) is 1. The zero-order chi connectivity index (χ0) is 21.2. The van der Waals surface area contributed by atoms with Crippen LogP contribution in [0.4, 0.5) is 4.39 Å². The monoisotopic (exact) mass is 448 g/mol. The average molecular weight is 449 g/mol. The van der Waals surface area contributed by atoms with E-state index in [4.69, 9.17) is 14.5 Å². The second kappa shape index (κ2) is 9.52. The predicted molar refractivity (Wildman–Crippen MR) is 119 cm³/mol. The van der Waals surface area contributed by atoms with Crippen molar-refractivity contribution < 1.29 is 18.7 Å². The van der Waals surface area contributed by atoms with Gasteiger partial charge in [-0.15, -0.1) is 0 Å². The van der Waals surface area contributed by atoms with Crippen molar-refractivity contribution in [3.05, 3.63) is 23.7 Å². The number of halogens is 1. The first-order valence-corrected chi connectivity index (χ1v) is 12.3. The van der Waals surface area contributed by atoms with Crippen molar-refractivity contribution in [2.45, 2.75) is 43.0 Å². The third-order valence-electron chi connectivity index (χ3n) is 6.54. The predicted octanol–water partition coefficient (Wildman–Crippen LogP) is 2.10. The summed E-state index contributed by atoms with van der Waals surface area (Å²) in [6, 6.07) is 0.727. The second-order valence-electron chi connectivity index (χ2n) is 8.71. The van der Waals surface area contributed by atoms with Gasteiger partial charge in [0.2, 0.25) is 5.91 Å². The van der Waals surface area contributed by atoms with E-state index >= 15 is 0 Å². The molecule has 0 spiro atoms. The number of carbonyl (C=O) groups excluding carboxylic acids is 1. The van der Waals surface area contributed by atoms with E-state index in [1.165, 1.54) is 6.08 Å². The molecule has 0 aromatic heterocycles. The third-order valence-corrected chi connectivity index (χ3v) is 7.92. The van der Waals surface area contributed by atoms with Crippen LogP contribution >= 0.6 is 11.8 Å². The Balaban J connectivity index is 1.24. The molecule has 1 amide bonds. The Bertz CT molecular complexity index is 825. The number of aliphatic imine (C=N–C) groups is 2. The molecule has 31 heavy (non-hydrogen) atoms. The number of amidine groups is 1. The van der Waals surface area contributed by atoms with Gasteiger partial charge in [-0.1, -0.05) is 0 Å². The molecule has 0 bridgehead atoms. The lowest BCUT2D eigenvalue weighted by atomic mass is 9.94. The molecule has 3 fully saturated rings. The normalized spacial score (nSPS) is 30.2. The van der Waals surface area contributed by atoms with Gasteiger partial charge in [0.1, 0.15) is 17.6 Å². The summed E-state index contributed by atoms with van der Waals surface area (Å²) in [5.74, 6) is -0.544. The van der Waals surface area contributed by atoms with Crippen LogP contribution < -0.4 is 5.32 Å². The Hall–Kier alpha value is -1.55. The van der Waals surface area contributed by atoms with E-state index in [-0.39, 0.29) is 11.9 Å². The molecule has 0 aromatic carbocycles. The van der Waals surface area contributed by atoms with Crippen LogP contribution in [-0.2, 0) is 14.3 Å². The Labute approximate surface area is 186 Å². The Morgan fingerprint density at radius 1 is 1.16 bits per heavy atom. The van der Waals surface area contributed by atoms with Crippen molar-refractivity contribution in [3.63, 3.8) is 0 Å². The first-order valence-electron chi connectivity index (χ1n) is 11.2. The lowest BCUT2D eigenvalue weighted by Crippen LogP contribution is -2.52. The molecule has 7 nitrogen and oxygen atoms in total. The lowest BCUT2D eigenvalue weighted by Gasteiger charge is -2.40. The number of thioether (sulfide) groups is 1. The molecule has 1 N–H and O–H groups in total. The summed E-state index contributed by atoms with van der Waals surface area (Å²) in [6.07, 6.45) is 7.13. The van der Waals surface area contributed by atoms with Crippen molar-refractivity contribution in [2.75, 3.05) is 45.3 Å². The number of rotatable bonds is 5. The zero-order valence-corrected chi connectivity index (χ0v) is 18.4. The van der Waals surface area contributed by atoms with Crippen molar-refractivity contribution in [3.8, 4) is 0 Å². The van der Waals surface area contributed by atoms with Gasteiger partial charge in [-0.3, -0.25) is 14.7 Å². The summed E-state index contributed by atoms with van der Waals surface area (Å²) < 4.78 is 25.5. The number of piperidine rings is 1. The van der Waals surface area contributed by atoms with E-state index in [9.17, 15) is 9.18 Å². The number of carbonyl (C=O) groups is 1. The first-order chi connectivity index (χ1) is 15.2. The highest BCUT2D eigenvalue weighted by Gasteiger charge is 2.36. The van der Waals surface area contributed by atoms with E-state index in [2.05, 4.69) is 15.2 Å². The standard InChI is InChI=1S/C22H29FN4O3S/c23-18-9-15(24-14-1-5-27(6-2-14)16-11-30-12-16)10-19-21(18)22(28)26-20(25-19)13-31-17-3-7-29-8-4-17/h9-10,14,16-17,21H,1-8,11-13H2,(H,25,26,28). The minimum absolute atomic E-state index is 0.176. The molecule has 0 saturated carbocycles. The number of ether oxygens (including phenoxy) is 2. The first kappa shape index (κ1) is 21.3. The van der Waals surface area contributed by atoms with E-state index in [1.54, 1.807) is 17.8 Å². The summed E-state index contributed by atoms with van der Waals surface area (Å²) in [7, 11) is 0. The number of likely N-dealkylation sites (tertiary alicyclic amines) is 1. The van der Waals surface area contributed by atoms with Gasteiger partial charge in [-0.2, -0.15) is 11.8 Å². The van der Waals surface area contributed by atoms with E-state index in [1.807, 2.05) is 0 Å². The fourth-order valence-electron chi connectivity index (χ4n) is 4.60. The number of nitrogens with zero attached hydrogens (tertiary/aromatic N) is 3. The molecule has 0 radical (unpaired) electrons. The molecule has 4 heterocycles. The number of hydrogen-bond donors (Lipinski definition) is 1. The summed E-state index contributed by atoms with van der Waals surface area (Å²) in [5, 5.41) is 3.30. The third kappa shape index (κ3) is 4.94. The molecule has 3 saturated heterocycles. The maximum Gasteiger partial charge on any atom is 0.241 e. The summed E-state index contributed by atoms with van der Waals surface area (Å²) in [6.45, 7) is 5.22. The SMILES string of the molecule is O=C1NC(CSC2CCOCC2)=NC2=CC(=NC3CCN(C4COC4)CC3)C=C(F)C12. The van der Waals surface area contributed by atoms with Gasteiger partial charge in [-0.25, -0.2) is 9.38 Å². The van der Waals surface area contributed by atoms with Gasteiger partial charge < -0.3 is 14.8 Å². The van der Waals surface area contributed by atoms with Crippen LogP contribution in [0.3, 0.4) is 0 Å². The molecule has 0 aromatic rings. The minimum atomic E-state index is -0.948. The second-order valence-corrected chi connectivity index (χ2v) is 10.0. The minimum Gasteiger partial charge on any atom is -0.381 e. The molecule has 5 aliphatic rings. The summed E-state index contributed by atoms with van der Waals surface area (Å²) in [4.78, 5) is 24.4. The fourth-order valence-corrected chi connectivity index (χ4v) is 5.66. The maximum atomic E-state index is 14.8. The zero-order valence-electron chi connectivity index (χ0n) is 17.6. The van der Waals surface area contributed by atoms with Gasteiger partial charge in [0.25, 0.3) is 0 Å². The molecule has 168 valence electrons. The average Bonchev–Trinajstić information content (AvgIpc) is 2.73. The number of amides is 1. The van der Waals surface area contributed by atoms with Crippen LogP contribution in [0.1, 0.15) is 25.7 Å². The molecule has 1 unspecified atom stereocenters. The van der Waals surface area contributed by atoms with Crippen molar-refractivity contribution in [2.24, 2.45) is 15.9 Å². The Kier molecular flexibility index (Phi) is 6.54. The van der Waals surface area contributed by atoms with Crippen LogP contribution in [0, 0.1) is 5.92 Å². The number of fused-ring (bicyclic) bond motifs is 1. The van der Waals surface area contributed by atoms with E-state index in [0.717, 1.165) is 65.2 Å². The van der Waals surface area contributed by atoms with Gasteiger partial charge in [0, 0.05) is 31.6 Å². The maximum absolute atomic E-state index is 14.8. The van der Waals surface area contributed by atoms with Gasteiger partial charge in [0.15, 0.2) is 0 Å². The van der Waals surface area contributed by atoms with E-state index in [0.29, 0.717) is 34.3 Å². The van der Waals surface area contributed by atoms with E-state index < -0.39 is 11.7 Å². The van der Waals surface area contributed by atoms with Crippen LogP contribution in [0.15, 0.2) is 33.7 Å². The van der Waals surface area contributed by atoms with Crippen molar-refractivity contribution in [1.29, 1.82) is 0 Å². The quantitative estimate of drug-likeness (QED) is 0.697. The molecule has 1 atom stereocenters. The number of allylic oxidation sites excluding steroid dienone is 2. The van der Waals surface area contributed by atoms with Crippen LogP contribution in [0.2, 0.25) is 0 Å². The lowest BCUT2D eigenvalue weighted by molar-refractivity contribution is -0.122. The van der Waals surface area contributed by atoms with Crippen LogP contribution in [0.25, 0.3) is 0 Å². The summed E-state index contributed by atoms with van der Waals surface area (Å²) in [5.41, 5.74) is 1.05.